The first-order valence-corrected chi connectivity index (χ1v) is 8.47. The summed E-state index contributed by atoms with van der Waals surface area (Å²) in [6.45, 7) is 1.80. The number of benzene rings is 1. The van der Waals surface area contributed by atoms with Crippen LogP contribution in [0.5, 0.6) is 0 Å². The van der Waals surface area contributed by atoms with Crippen molar-refractivity contribution in [3.05, 3.63) is 27.7 Å². The standard InChI is InChI=1S/C12H15BrClNO2S/c1-8-11(13)5-9(7-14)6-12(8)18(16,17)15(2)10-3-4-10/h5-6,10H,3-4,7H2,1-2H3. The van der Waals surface area contributed by atoms with Crippen molar-refractivity contribution in [2.75, 3.05) is 7.05 Å². The van der Waals surface area contributed by atoms with Gasteiger partial charge in [0.05, 0.1) is 4.90 Å². The van der Waals surface area contributed by atoms with Gasteiger partial charge in [-0.05, 0) is 43.0 Å². The molecule has 100 valence electrons. The second kappa shape index (κ2) is 5.12. The Morgan fingerprint density at radius 1 is 1.44 bits per heavy atom. The molecule has 0 bridgehead atoms. The minimum Gasteiger partial charge on any atom is -0.207 e. The lowest BCUT2D eigenvalue weighted by atomic mass is 10.2. The van der Waals surface area contributed by atoms with E-state index in [1.807, 2.05) is 6.07 Å². The number of hydrogen-bond donors (Lipinski definition) is 0. The normalized spacial score (nSPS) is 16.3. The van der Waals surface area contributed by atoms with Gasteiger partial charge in [0.2, 0.25) is 10.0 Å². The van der Waals surface area contributed by atoms with Gasteiger partial charge >= 0.3 is 0 Å². The van der Waals surface area contributed by atoms with E-state index in [1.165, 1.54) is 4.31 Å². The van der Waals surface area contributed by atoms with Gasteiger partial charge in [-0.25, -0.2) is 8.42 Å². The molecule has 18 heavy (non-hydrogen) atoms. The topological polar surface area (TPSA) is 37.4 Å². The molecular weight excluding hydrogens is 338 g/mol. The maximum atomic E-state index is 12.5. The lowest BCUT2D eigenvalue weighted by Crippen LogP contribution is -2.29. The summed E-state index contributed by atoms with van der Waals surface area (Å²) in [5, 5.41) is 0. The first-order valence-electron chi connectivity index (χ1n) is 5.71. The number of alkyl halides is 1. The highest BCUT2D eigenvalue weighted by atomic mass is 79.9. The Balaban J connectivity index is 2.52. The van der Waals surface area contributed by atoms with Gasteiger partial charge in [-0.2, -0.15) is 4.31 Å². The van der Waals surface area contributed by atoms with Gasteiger partial charge in [0.1, 0.15) is 0 Å². The molecule has 1 saturated carbocycles. The van der Waals surface area contributed by atoms with Gasteiger partial charge in [0.25, 0.3) is 0 Å². The lowest BCUT2D eigenvalue weighted by Gasteiger charge is -2.19. The van der Waals surface area contributed by atoms with Crippen molar-refractivity contribution in [2.45, 2.75) is 36.6 Å². The number of sulfonamides is 1. The van der Waals surface area contributed by atoms with Gasteiger partial charge in [-0.15, -0.1) is 11.6 Å². The molecule has 0 N–H and O–H groups in total. The van der Waals surface area contributed by atoms with Crippen molar-refractivity contribution in [3.8, 4) is 0 Å². The highest BCUT2D eigenvalue weighted by Gasteiger charge is 2.36. The fourth-order valence-corrected chi connectivity index (χ4v) is 4.35. The minimum atomic E-state index is -3.42. The number of rotatable bonds is 4. The molecule has 0 amide bonds. The molecule has 0 saturated heterocycles. The van der Waals surface area contributed by atoms with E-state index in [-0.39, 0.29) is 6.04 Å². The van der Waals surface area contributed by atoms with Gasteiger partial charge in [-0.3, -0.25) is 0 Å². The van der Waals surface area contributed by atoms with Crippen molar-refractivity contribution < 1.29 is 8.42 Å². The van der Waals surface area contributed by atoms with Crippen molar-refractivity contribution in [1.82, 2.24) is 4.31 Å². The molecule has 0 atom stereocenters. The van der Waals surface area contributed by atoms with E-state index in [1.54, 1.807) is 20.0 Å². The van der Waals surface area contributed by atoms with Crippen molar-refractivity contribution in [1.29, 1.82) is 0 Å². The van der Waals surface area contributed by atoms with E-state index in [4.69, 9.17) is 11.6 Å². The van der Waals surface area contributed by atoms with Crippen LogP contribution >= 0.6 is 27.5 Å². The predicted molar refractivity (Wildman–Crippen MR) is 76.4 cm³/mol. The second-order valence-electron chi connectivity index (χ2n) is 4.59. The van der Waals surface area contributed by atoms with Crippen LogP contribution in [0.3, 0.4) is 0 Å². The third-order valence-electron chi connectivity index (χ3n) is 3.23. The van der Waals surface area contributed by atoms with Crippen LogP contribution in [0.15, 0.2) is 21.5 Å². The second-order valence-corrected chi connectivity index (χ2v) is 7.67. The van der Waals surface area contributed by atoms with Crippen LogP contribution in [0.25, 0.3) is 0 Å². The van der Waals surface area contributed by atoms with Crippen LogP contribution in [0, 0.1) is 6.92 Å². The molecule has 1 aliphatic rings. The summed E-state index contributed by atoms with van der Waals surface area (Å²) >= 11 is 9.19. The summed E-state index contributed by atoms with van der Waals surface area (Å²) in [6, 6.07) is 3.69. The molecule has 0 heterocycles. The Bertz CT molecular complexity index is 570. The third kappa shape index (κ3) is 2.59. The smallest absolute Gasteiger partial charge is 0.207 e. The Morgan fingerprint density at radius 2 is 2.06 bits per heavy atom. The highest BCUT2D eigenvalue weighted by Crippen LogP contribution is 2.33. The third-order valence-corrected chi connectivity index (χ3v) is 6.40. The fraction of sp³-hybridized carbons (Fsp3) is 0.500. The maximum Gasteiger partial charge on any atom is 0.243 e. The maximum absolute atomic E-state index is 12.5. The predicted octanol–water partition coefficient (Wildman–Crippen LogP) is 3.28. The van der Waals surface area contributed by atoms with Crippen LogP contribution in [0.2, 0.25) is 0 Å². The monoisotopic (exact) mass is 351 g/mol. The summed E-state index contributed by atoms with van der Waals surface area (Å²) in [5.74, 6) is 0.300. The quantitative estimate of drug-likeness (QED) is 0.780. The van der Waals surface area contributed by atoms with Crippen molar-refractivity contribution >= 4 is 37.6 Å². The minimum absolute atomic E-state index is 0.160. The van der Waals surface area contributed by atoms with E-state index in [0.717, 1.165) is 28.4 Å². The van der Waals surface area contributed by atoms with E-state index in [0.29, 0.717) is 10.8 Å². The average Bonchev–Trinajstić information content (AvgIpc) is 3.15. The molecule has 6 heteroatoms. The van der Waals surface area contributed by atoms with Crippen LogP contribution in [-0.4, -0.2) is 25.8 Å². The van der Waals surface area contributed by atoms with E-state index in [2.05, 4.69) is 15.9 Å². The summed E-state index contributed by atoms with van der Waals surface area (Å²) in [7, 11) is -1.77. The number of nitrogens with zero attached hydrogens (tertiary/aromatic N) is 1. The summed E-state index contributed by atoms with van der Waals surface area (Å²) in [5.41, 5.74) is 1.54. The summed E-state index contributed by atoms with van der Waals surface area (Å²) in [6.07, 6.45) is 1.90. The average molecular weight is 353 g/mol. The number of halogens is 2. The van der Waals surface area contributed by atoms with Crippen LogP contribution in [0.4, 0.5) is 0 Å². The van der Waals surface area contributed by atoms with E-state index < -0.39 is 10.0 Å². The van der Waals surface area contributed by atoms with Gasteiger partial charge in [0.15, 0.2) is 0 Å². The highest BCUT2D eigenvalue weighted by molar-refractivity contribution is 9.10. The zero-order valence-electron chi connectivity index (χ0n) is 10.3. The SMILES string of the molecule is Cc1c(Br)cc(CCl)cc1S(=O)(=O)N(C)C1CC1. The largest absolute Gasteiger partial charge is 0.243 e. The van der Waals surface area contributed by atoms with E-state index >= 15 is 0 Å². The first-order chi connectivity index (χ1) is 8.37. The molecular formula is C12H15BrClNO2S. The first kappa shape index (κ1) is 14.3. The molecule has 0 unspecified atom stereocenters. The Kier molecular flexibility index (Phi) is 4.07. The van der Waals surface area contributed by atoms with E-state index in [9.17, 15) is 8.42 Å². The Morgan fingerprint density at radius 3 is 2.56 bits per heavy atom. The number of hydrogen-bond acceptors (Lipinski definition) is 2. The molecule has 0 aliphatic heterocycles. The van der Waals surface area contributed by atoms with Crippen LogP contribution in [0.1, 0.15) is 24.0 Å². The Labute approximate surface area is 121 Å². The molecule has 1 fully saturated rings. The van der Waals surface area contributed by atoms with Crippen LogP contribution in [-0.2, 0) is 15.9 Å². The van der Waals surface area contributed by atoms with Crippen molar-refractivity contribution in [3.63, 3.8) is 0 Å². The van der Waals surface area contributed by atoms with Crippen LogP contribution < -0.4 is 0 Å². The molecule has 3 nitrogen and oxygen atoms in total. The summed E-state index contributed by atoms with van der Waals surface area (Å²) < 4.78 is 27.3. The van der Waals surface area contributed by atoms with Crippen molar-refractivity contribution in [2.24, 2.45) is 0 Å². The molecule has 0 spiro atoms. The fourth-order valence-electron chi connectivity index (χ4n) is 1.84. The van der Waals surface area contributed by atoms with Gasteiger partial charge < -0.3 is 0 Å². The molecule has 0 radical (unpaired) electrons. The molecule has 0 aromatic heterocycles. The summed E-state index contributed by atoms with van der Waals surface area (Å²) in [4.78, 5) is 0.349. The molecule has 1 aromatic carbocycles. The molecule has 2 rings (SSSR count). The zero-order chi connectivity index (χ0) is 13.5. The van der Waals surface area contributed by atoms with Gasteiger partial charge in [0, 0.05) is 23.4 Å². The lowest BCUT2D eigenvalue weighted by molar-refractivity contribution is 0.463. The zero-order valence-corrected chi connectivity index (χ0v) is 13.4. The molecule has 1 aliphatic carbocycles. The Hall–Kier alpha value is -0.100. The molecule has 1 aromatic rings. The van der Waals surface area contributed by atoms with Gasteiger partial charge in [-0.1, -0.05) is 15.9 Å².